The van der Waals surface area contributed by atoms with Gasteiger partial charge in [0, 0.05) is 123 Å². The first-order valence-corrected chi connectivity index (χ1v) is 51.7. The monoisotopic (exact) mass is 2010 g/mol. The molecule has 6 N–H and O–H groups in total. The number of fused-ring (bicyclic) bond motifs is 5. The molecule has 14 heterocycles. The van der Waals surface area contributed by atoms with E-state index in [1.165, 1.54) is 23.0 Å². The van der Waals surface area contributed by atoms with Crippen LogP contribution in [0.1, 0.15) is 219 Å². The molecule has 4 bridgehead atoms. The number of amidine groups is 1. The Hall–Kier alpha value is -4.48. The molecule has 2 spiro atoms. The molecular formula is C106H160Cl2N2O28S. The number of halogens is 2. The van der Waals surface area contributed by atoms with Crippen LogP contribution >= 0.6 is 36.6 Å². The number of carbonyl (C=O) groups is 2. The number of aliphatic hydroxyl groups excluding tert-OH is 4. The number of rotatable bonds is 16. The Bertz CT molecular complexity index is 4520. The van der Waals surface area contributed by atoms with Crippen LogP contribution in [-0.4, -0.2) is 308 Å². The van der Waals surface area contributed by atoms with Crippen molar-refractivity contribution in [1.82, 2.24) is 4.90 Å². The molecule has 2 aliphatic carbocycles. The van der Waals surface area contributed by atoms with E-state index in [2.05, 4.69) is 117 Å². The van der Waals surface area contributed by atoms with Crippen molar-refractivity contribution in [2.45, 2.75) is 408 Å². The second-order valence-corrected chi connectivity index (χ2v) is 43.3. The molecule has 782 valence electrons. The van der Waals surface area contributed by atoms with Gasteiger partial charge in [0.15, 0.2) is 41.9 Å². The Kier molecular flexibility index (Phi) is 38.8. The number of methoxy groups -OCH3 is 4. The van der Waals surface area contributed by atoms with E-state index in [9.17, 15) is 40.2 Å². The number of nitrogens with zero attached hydrogens (tertiary/aromatic N) is 2. The van der Waals surface area contributed by atoms with Crippen LogP contribution in [0.3, 0.4) is 0 Å². The molecule has 0 radical (unpaired) electrons. The molecule has 0 unspecified atom stereocenters. The molecule has 40 atom stereocenters. The molecule has 14 aliphatic heterocycles. The number of thioether (sulfide) groups is 1. The Balaban J connectivity index is 0.000000202. The number of carbonyl (C=O) groups excluding carboxylic acids is 2. The van der Waals surface area contributed by atoms with Crippen LogP contribution in [0.15, 0.2) is 130 Å². The molecule has 1 aromatic rings. The zero-order valence-corrected chi connectivity index (χ0v) is 87.4. The minimum absolute atomic E-state index is 0. The van der Waals surface area contributed by atoms with Crippen molar-refractivity contribution in [3.63, 3.8) is 0 Å². The van der Waals surface area contributed by atoms with Crippen LogP contribution in [-0.2, 0) is 104 Å². The van der Waals surface area contributed by atoms with E-state index in [-0.39, 0.29) is 92.4 Å². The van der Waals surface area contributed by atoms with E-state index in [0.717, 1.165) is 37.0 Å². The fraction of sp³-hybridized carbons (Fsp3) is 0.764. The maximum absolute atomic E-state index is 14.4. The van der Waals surface area contributed by atoms with E-state index < -0.39 is 182 Å². The topological polar surface area (TPSA) is 356 Å². The lowest BCUT2D eigenvalue weighted by Gasteiger charge is -2.51. The number of allylic oxidation sites excluding steroid dienone is 4. The van der Waals surface area contributed by atoms with E-state index in [1.807, 2.05) is 49.9 Å². The zero-order valence-electron chi connectivity index (χ0n) is 84.9. The lowest BCUT2D eigenvalue weighted by atomic mass is 9.71. The SMILES string of the molecule is CC[C@H](C)[C@H]1O[C@]2(CC[C@@H]1C)C[C@@H]1C[C@@H](C/C=C(\C)[C@@H](O[C@H]3C[C@H](OC)[C@@H](O[C@H]4C[C@H](OC)[C@@H](O)[C@H](C)O4)[C@H](C)O3)[C@@H](C)/C=C/C=C3\CO[C@@H]4[C@H](O)C(C)=C[C@@H](C(=O)O1)[C@]34O)O2.CO[C@H]1C[C@H](O[C@H]2[C@H](C)O[C@@H](O[C@@H]3/C(C)=C/C[C@@H]4C[C@@H](C[C@]5(CC[C@H](C)[C@@H](C(C)C)O5)O4)OC(=O)[C@@H]4C=C(C)[C@@H](O)[C@H]5OC/C(=C\C=C\[C@@H]3C)[C@]54O)C[C@@H]2OC)O[C@@H](C)[C@@H]1O.Cl.Cl.c1ccc([C@H]2CN3CCSC3=N2)cc1. The van der Waals surface area contributed by atoms with Gasteiger partial charge in [-0.05, 0) is 144 Å². The summed E-state index contributed by atoms with van der Waals surface area (Å²) in [6.45, 7) is 34.7. The van der Waals surface area contributed by atoms with Crippen LogP contribution in [0.4, 0.5) is 0 Å². The number of esters is 2. The fourth-order valence-corrected chi connectivity index (χ4v) is 24.8. The minimum atomic E-state index is -1.82. The highest BCUT2D eigenvalue weighted by atomic mass is 35.5. The summed E-state index contributed by atoms with van der Waals surface area (Å²) >= 11 is 1.89. The fourth-order valence-electron chi connectivity index (χ4n) is 23.8. The Morgan fingerprint density at radius 3 is 1.37 bits per heavy atom. The van der Waals surface area contributed by atoms with Crippen molar-refractivity contribution in [3.8, 4) is 0 Å². The van der Waals surface area contributed by atoms with Crippen LogP contribution in [0.25, 0.3) is 0 Å². The van der Waals surface area contributed by atoms with Gasteiger partial charge in [-0.2, -0.15) is 0 Å². The molecule has 17 rings (SSSR count). The standard InChI is InChI=1S/C48H74O14.C47H72O14.C11H12N2S.2ClH/c1-11-25(2)43-28(5)17-18-47(62-43)23-34-20-33(61-47)16-15-27(4)42(26(3)13-12-14-32-24-55-45-40(49)29(6)19-35(46(51)58-34)48(32,45)52)59-39-22-37(54-10)44(31(8)57-39)60-38-21-36(53-9)41(50)30(7)56-38;1-24(2)41-27(5)16-17-46(61-41)22-33-19-32(60-46)15-14-26(4)42(25(3)12-11-13-31-23-54-44-39(48)28(6)18-34(45(50)57-33)47(31,44)51)58-38-21-36(53-10)43(30(8)56-38)59-37-20-35(52-9)40(49)29(7)55-37;1-2-4-9(5-3-1)10-8-13-6-7-14-11(13)12-10;;/h12-15,19,25-26,28,30-31,33-45,49-50,52H,11,16-18,20-24H2,1-10H3;11-14,18,24-25,27,29-30,32-44,48-49,51H,15-17,19-23H2,1-10H3;1-5,10H,6-8H2;2*1H/b13-12+,27-15+,32-14+;12-11+,26-14+,31-13+;;;/t25-,26-,28-,30-,31-,33+,34-,35-,36-,37-,38-,39-,40+,41-,42-,43+,44-,45+,47+,48+;25-,27-,29-,30-,32+,33-,34-,35-,36-,37-,38-,39+,40-,41+,42-,43-,44+,46+,47+;10-;;/m001../s1. The molecule has 16 aliphatic rings. The molecular weight excluding hydrogens is 1850 g/mol. The summed E-state index contributed by atoms with van der Waals surface area (Å²) in [6, 6.07) is 10.9. The normalized spacial score (nSPS) is 46.3. The summed E-state index contributed by atoms with van der Waals surface area (Å²) in [5.41, 5.74) is 1.71. The van der Waals surface area contributed by atoms with Gasteiger partial charge in [0.05, 0.1) is 105 Å². The van der Waals surface area contributed by atoms with Gasteiger partial charge >= 0.3 is 11.9 Å². The molecule has 1 aromatic carbocycles. The second kappa shape index (κ2) is 48.2. The Morgan fingerprint density at radius 1 is 0.525 bits per heavy atom. The average Bonchev–Trinajstić information content (AvgIpc) is 1.60. The third-order valence-corrected chi connectivity index (χ3v) is 33.0. The van der Waals surface area contributed by atoms with Gasteiger partial charge in [-0.15, -0.1) is 24.8 Å². The molecule has 30 nitrogen and oxygen atoms in total. The van der Waals surface area contributed by atoms with Crippen LogP contribution in [0.5, 0.6) is 0 Å². The molecule has 0 amide bonds. The van der Waals surface area contributed by atoms with Gasteiger partial charge < -0.3 is 130 Å². The first-order chi connectivity index (χ1) is 65.4. The maximum Gasteiger partial charge on any atom is 0.316 e. The van der Waals surface area contributed by atoms with Crippen molar-refractivity contribution in [2.75, 3.05) is 60.5 Å². The Morgan fingerprint density at radius 2 is 0.942 bits per heavy atom. The first-order valence-electron chi connectivity index (χ1n) is 50.7. The van der Waals surface area contributed by atoms with Gasteiger partial charge in [0.2, 0.25) is 0 Å². The van der Waals surface area contributed by atoms with Gasteiger partial charge in [0.25, 0.3) is 0 Å². The summed E-state index contributed by atoms with van der Waals surface area (Å²) in [5.74, 6) is -3.04. The van der Waals surface area contributed by atoms with E-state index in [4.69, 9.17) is 99.7 Å². The molecule has 0 saturated carbocycles. The van der Waals surface area contributed by atoms with Gasteiger partial charge in [-0.25, -0.2) is 0 Å². The quantitative estimate of drug-likeness (QED) is 0.0661. The van der Waals surface area contributed by atoms with E-state index >= 15 is 0 Å². The summed E-state index contributed by atoms with van der Waals surface area (Å²) in [6.07, 6.45) is 12.1. The zero-order chi connectivity index (χ0) is 98.0. The number of hydrogen-bond donors (Lipinski definition) is 6. The highest BCUT2D eigenvalue weighted by Crippen LogP contribution is 2.53. The summed E-state index contributed by atoms with van der Waals surface area (Å²) in [4.78, 5) is 35.8. The number of hydrogen-bond acceptors (Lipinski definition) is 31. The van der Waals surface area contributed by atoms with Crippen LogP contribution < -0.4 is 0 Å². The average molecular weight is 2010 g/mol. The second-order valence-electron chi connectivity index (χ2n) is 42.2. The third-order valence-electron chi connectivity index (χ3n) is 32.0. The summed E-state index contributed by atoms with van der Waals surface area (Å²) in [7, 11) is 6.45. The van der Waals surface area contributed by atoms with Gasteiger partial charge in [-0.1, -0.05) is 165 Å². The highest BCUT2D eigenvalue weighted by Gasteiger charge is 2.63. The Labute approximate surface area is 839 Å². The van der Waals surface area contributed by atoms with Crippen molar-refractivity contribution in [3.05, 3.63) is 130 Å². The van der Waals surface area contributed by atoms with Gasteiger partial charge in [0.1, 0.15) is 84.1 Å². The number of aliphatic hydroxyl groups is 6. The maximum atomic E-state index is 14.4. The first kappa shape index (κ1) is 112. The van der Waals surface area contributed by atoms with E-state index in [0.29, 0.717) is 123 Å². The van der Waals surface area contributed by atoms with E-state index in [1.54, 1.807) is 80.4 Å². The molecule has 33 heteroatoms. The number of benzene rings is 1. The lowest BCUT2D eigenvalue weighted by molar-refractivity contribution is -0.341. The van der Waals surface area contributed by atoms with Crippen molar-refractivity contribution in [1.29, 1.82) is 0 Å². The van der Waals surface area contributed by atoms with Crippen molar-refractivity contribution in [2.24, 2.45) is 52.3 Å². The largest absolute Gasteiger partial charge is 0.462 e. The van der Waals surface area contributed by atoms with Crippen molar-refractivity contribution < 1.29 is 135 Å². The smallest absolute Gasteiger partial charge is 0.316 e. The van der Waals surface area contributed by atoms with Gasteiger partial charge in [-0.3, -0.25) is 14.6 Å². The van der Waals surface area contributed by atoms with Crippen LogP contribution in [0, 0.1) is 47.3 Å². The van der Waals surface area contributed by atoms with Crippen LogP contribution in [0.2, 0.25) is 0 Å². The lowest BCUT2D eigenvalue weighted by Crippen LogP contribution is -2.58. The predicted molar refractivity (Wildman–Crippen MR) is 525 cm³/mol. The third kappa shape index (κ3) is 24.7. The minimum Gasteiger partial charge on any atom is -0.462 e. The molecule has 11 fully saturated rings. The predicted octanol–water partition coefficient (Wildman–Crippen LogP) is 13.8. The molecule has 11 saturated heterocycles. The molecule has 139 heavy (non-hydrogen) atoms. The van der Waals surface area contributed by atoms with Crippen molar-refractivity contribution >= 4 is 53.7 Å². The molecule has 0 aromatic heterocycles. The number of ether oxygens (including phenoxy) is 20. The summed E-state index contributed by atoms with van der Waals surface area (Å²) in [5, 5.41) is 69.7. The summed E-state index contributed by atoms with van der Waals surface area (Å²) < 4.78 is 128. The number of aliphatic imine (C=N–C) groups is 1. The highest BCUT2D eigenvalue weighted by molar-refractivity contribution is 8.14.